The lowest BCUT2D eigenvalue weighted by Gasteiger charge is -2.34. The van der Waals surface area contributed by atoms with Crippen LogP contribution in [0.1, 0.15) is 42.5 Å². The maximum absolute atomic E-state index is 12.5. The van der Waals surface area contributed by atoms with Crippen LogP contribution in [0.5, 0.6) is 0 Å². The Bertz CT molecular complexity index is 577. The van der Waals surface area contributed by atoms with E-state index in [9.17, 15) is 9.59 Å². The van der Waals surface area contributed by atoms with Gasteiger partial charge >= 0.3 is 0 Å². The van der Waals surface area contributed by atoms with Crippen molar-refractivity contribution in [2.75, 3.05) is 13.1 Å². The van der Waals surface area contributed by atoms with Gasteiger partial charge in [-0.25, -0.2) is 0 Å². The molecule has 2 aliphatic rings. The predicted octanol–water partition coefficient (Wildman–Crippen LogP) is 2.16. The van der Waals surface area contributed by atoms with Crippen molar-refractivity contribution in [1.29, 1.82) is 0 Å². The van der Waals surface area contributed by atoms with E-state index >= 15 is 0 Å². The van der Waals surface area contributed by atoms with Crippen LogP contribution in [0.15, 0.2) is 36.7 Å². The summed E-state index contributed by atoms with van der Waals surface area (Å²) in [7, 11) is 0. The second-order valence-electron chi connectivity index (χ2n) is 6.30. The quantitative estimate of drug-likeness (QED) is 0.870. The number of hydrogen-bond acceptors (Lipinski definition) is 3. The van der Waals surface area contributed by atoms with Crippen molar-refractivity contribution >= 4 is 11.8 Å². The molecule has 1 saturated heterocycles. The Hall–Kier alpha value is -2.17. The Kier molecular flexibility index (Phi) is 5.05. The molecule has 1 aliphatic carbocycles. The van der Waals surface area contributed by atoms with Gasteiger partial charge in [-0.15, -0.1) is 0 Å². The zero-order valence-electron chi connectivity index (χ0n) is 13.3. The van der Waals surface area contributed by atoms with Crippen molar-refractivity contribution in [2.45, 2.75) is 38.1 Å². The first-order valence-corrected chi connectivity index (χ1v) is 8.38. The number of nitrogens with zero attached hydrogens (tertiary/aromatic N) is 2. The molecule has 0 unspecified atom stereocenters. The van der Waals surface area contributed by atoms with Crippen molar-refractivity contribution in [3.63, 3.8) is 0 Å². The molecule has 0 radical (unpaired) electrons. The molecule has 1 fully saturated rings. The van der Waals surface area contributed by atoms with Gasteiger partial charge in [0.15, 0.2) is 0 Å². The first-order valence-electron chi connectivity index (χ1n) is 8.38. The number of pyridine rings is 1. The van der Waals surface area contributed by atoms with Crippen molar-refractivity contribution in [3.05, 3.63) is 42.2 Å². The van der Waals surface area contributed by atoms with Gasteiger partial charge in [-0.05, 0) is 44.2 Å². The van der Waals surface area contributed by atoms with Gasteiger partial charge in [0, 0.05) is 37.4 Å². The number of aromatic nitrogens is 1. The zero-order valence-corrected chi connectivity index (χ0v) is 13.3. The fraction of sp³-hybridized carbons (Fsp3) is 0.500. The average Bonchev–Trinajstić information content (AvgIpc) is 2.63. The highest BCUT2D eigenvalue weighted by molar-refractivity contribution is 5.94. The van der Waals surface area contributed by atoms with Crippen molar-refractivity contribution in [3.8, 4) is 0 Å². The largest absolute Gasteiger partial charge is 0.349 e. The first kappa shape index (κ1) is 15.7. The Balaban J connectivity index is 1.47. The van der Waals surface area contributed by atoms with E-state index in [2.05, 4.69) is 22.5 Å². The molecule has 1 aliphatic heterocycles. The second kappa shape index (κ2) is 7.40. The maximum Gasteiger partial charge on any atom is 0.253 e. The highest BCUT2D eigenvalue weighted by Crippen LogP contribution is 2.22. The van der Waals surface area contributed by atoms with Crippen LogP contribution in [-0.4, -0.2) is 40.8 Å². The molecule has 2 amide bonds. The third-order valence-corrected chi connectivity index (χ3v) is 4.68. The van der Waals surface area contributed by atoms with Gasteiger partial charge in [0.25, 0.3) is 5.91 Å². The Labute approximate surface area is 136 Å². The standard InChI is InChI=1S/C18H23N3O2/c22-17(15-7-4-10-19-13-15)20-16-8-11-21(12-9-16)18(23)14-5-2-1-3-6-14/h1-2,4,7,10,13-14,16H,3,5-6,8-9,11-12H2,(H,20,22)/t14-/m0/s1. The summed E-state index contributed by atoms with van der Waals surface area (Å²) in [4.78, 5) is 30.6. The minimum atomic E-state index is -0.0831. The number of nitrogens with one attached hydrogen (secondary N) is 1. The fourth-order valence-electron chi connectivity index (χ4n) is 3.29. The van der Waals surface area contributed by atoms with E-state index in [1.807, 2.05) is 4.90 Å². The molecule has 1 N–H and O–H groups in total. The van der Waals surface area contributed by atoms with E-state index in [1.54, 1.807) is 24.5 Å². The van der Waals surface area contributed by atoms with Gasteiger partial charge in [-0.1, -0.05) is 12.2 Å². The molecule has 23 heavy (non-hydrogen) atoms. The van der Waals surface area contributed by atoms with Gasteiger partial charge in [-0.3, -0.25) is 14.6 Å². The van der Waals surface area contributed by atoms with Crippen LogP contribution in [0.3, 0.4) is 0 Å². The summed E-state index contributed by atoms with van der Waals surface area (Å²) in [6.07, 6.45) is 12.0. The average molecular weight is 313 g/mol. The summed E-state index contributed by atoms with van der Waals surface area (Å²) in [5.74, 6) is 0.355. The van der Waals surface area contributed by atoms with Crippen LogP contribution >= 0.6 is 0 Å². The highest BCUT2D eigenvalue weighted by atomic mass is 16.2. The second-order valence-corrected chi connectivity index (χ2v) is 6.30. The Morgan fingerprint density at radius 2 is 2.00 bits per heavy atom. The van der Waals surface area contributed by atoms with Crippen LogP contribution in [-0.2, 0) is 4.79 Å². The zero-order chi connectivity index (χ0) is 16.1. The van der Waals surface area contributed by atoms with E-state index in [1.165, 1.54) is 0 Å². The molecule has 1 aromatic heterocycles. The molecule has 0 spiro atoms. The molecule has 2 heterocycles. The maximum atomic E-state index is 12.5. The topological polar surface area (TPSA) is 62.3 Å². The van der Waals surface area contributed by atoms with Crippen LogP contribution in [0, 0.1) is 5.92 Å². The van der Waals surface area contributed by atoms with E-state index in [0.29, 0.717) is 5.56 Å². The molecule has 5 heteroatoms. The number of piperidine rings is 1. The molecule has 0 bridgehead atoms. The van der Waals surface area contributed by atoms with E-state index < -0.39 is 0 Å². The molecular formula is C18H23N3O2. The predicted molar refractivity (Wildman–Crippen MR) is 87.8 cm³/mol. The van der Waals surface area contributed by atoms with Crippen LogP contribution < -0.4 is 5.32 Å². The summed E-state index contributed by atoms with van der Waals surface area (Å²) < 4.78 is 0. The lowest BCUT2D eigenvalue weighted by atomic mass is 9.92. The van der Waals surface area contributed by atoms with E-state index in [0.717, 1.165) is 45.2 Å². The lowest BCUT2D eigenvalue weighted by Crippen LogP contribution is -2.48. The third-order valence-electron chi connectivity index (χ3n) is 4.68. The van der Waals surface area contributed by atoms with Crippen LogP contribution in [0.4, 0.5) is 0 Å². The van der Waals surface area contributed by atoms with Gasteiger partial charge in [0.1, 0.15) is 0 Å². The minimum Gasteiger partial charge on any atom is -0.349 e. The number of rotatable bonds is 3. The van der Waals surface area contributed by atoms with E-state index in [-0.39, 0.29) is 23.8 Å². The molecular weight excluding hydrogens is 290 g/mol. The summed E-state index contributed by atoms with van der Waals surface area (Å²) in [6, 6.07) is 3.66. The molecule has 0 aromatic carbocycles. The summed E-state index contributed by atoms with van der Waals surface area (Å²) in [5, 5.41) is 3.05. The number of likely N-dealkylation sites (tertiary alicyclic amines) is 1. The van der Waals surface area contributed by atoms with Crippen molar-refractivity contribution in [2.24, 2.45) is 5.92 Å². The molecule has 5 nitrogen and oxygen atoms in total. The van der Waals surface area contributed by atoms with Gasteiger partial charge in [-0.2, -0.15) is 0 Å². The molecule has 1 atom stereocenters. The van der Waals surface area contributed by atoms with E-state index in [4.69, 9.17) is 0 Å². The molecule has 1 aromatic rings. The SMILES string of the molecule is O=C(NC1CCN(C(=O)[C@H]2CC=CCC2)CC1)c1cccnc1. The summed E-state index contributed by atoms with van der Waals surface area (Å²) >= 11 is 0. The highest BCUT2D eigenvalue weighted by Gasteiger charge is 2.28. The molecule has 0 saturated carbocycles. The molecule has 122 valence electrons. The van der Waals surface area contributed by atoms with Crippen LogP contribution in [0.25, 0.3) is 0 Å². The summed E-state index contributed by atoms with van der Waals surface area (Å²) in [5.41, 5.74) is 0.583. The smallest absolute Gasteiger partial charge is 0.253 e. The fourth-order valence-corrected chi connectivity index (χ4v) is 3.29. The number of allylic oxidation sites excluding steroid dienone is 2. The minimum absolute atomic E-state index is 0.0831. The summed E-state index contributed by atoms with van der Waals surface area (Å²) in [6.45, 7) is 1.47. The van der Waals surface area contributed by atoms with Gasteiger partial charge in [0.2, 0.25) is 5.91 Å². The lowest BCUT2D eigenvalue weighted by molar-refractivity contribution is -0.136. The number of carbonyl (C=O) groups is 2. The Morgan fingerprint density at radius 3 is 2.65 bits per heavy atom. The monoisotopic (exact) mass is 313 g/mol. The third kappa shape index (κ3) is 3.97. The number of carbonyl (C=O) groups excluding carboxylic acids is 2. The molecule has 3 rings (SSSR count). The first-order chi connectivity index (χ1) is 11.2. The van der Waals surface area contributed by atoms with Crippen LogP contribution in [0.2, 0.25) is 0 Å². The number of amides is 2. The van der Waals surface area contributed by atoms with Gasteiger partial charge in [0.05, 0.1) is 5.56 Å². The van der Waals surface area contributed by atoms with Crippen molar-refractivity contribution < 1.29 is 9.59 Å². The van der Waals surface area contributed by atoms with Crippen molar-refractivity contribution in [1.82, 2.24) is 15.2 Å². The number of hydrogen-bond donors (Lipinski definition) is 1. The Morgan fingerprint density at radius 1 is 1.17 bits per heavy atom. The van der Waals surface area contributed by atoms with Gasteiger partial charge < -0.3 is 10.2 Å². The normalized spacial score (nSPS) is 21.9.